The molecular weight excluding hydrogens is 871 g/mol. The van der Waals surface area contributed by atoms with Crippen LogP contribution in [0.1, 0.15) is 71.2 Å². The van der Waals surface area contributed by atoms with Crippen molar-refractivity contribution in [1.29, 1.82) is 0 Å². The fourth-order valence-corrected chi connectivity index (χ4v) is 6.32. The maximum absolute atomic E-state index is 5.51. The number of fused-ring (bicyclic) bond motifs is 6. The van der Waals surface area contributed by atoms with Crippen LogP contribution < -0.4 is 0 Å². The van der Waals surface area contributed by atoms with E-state index in [0.717, 1.165) is 61.1 Å². The monoisotopic (exact) mass is 901 g/mol. The van der Waals surface area contributed by atoms with Gasteiger partial charge in [-0.15, -0.1) is 0 Å². The molecule has 0 unspecified atom stereocenters. The van der Waals surface area contributed by atoms with Gasteiger partial charge in [-0.2, -0.15) is 59.5 Å². The van der Waals surface area contributed by atoms with Crippen molar-refractivity contribution < 1.29 is 13.1 Å². The van der Waals surface area contributed by atoms with Crippen molar-refractivity contribution in [3.8, 4) is 0 Å². The van der Waals surface area contributed by atoms with Crippen molar-refractivity contribution in [2.75, 3.05) is 0 Å². The van der Waals surface area contributed by atoms with Crippen LogP contribution in [0.4, 0.5) is 0 Å². The second-order valence-electron chi connectivity index (χ2n) is 11.7. The van der Waals surface area contributed by atoms with E-state index >= 15 is 0 Å². The van der Waals surface area contributed by atoms with Crippen LogP contribution in [0, 0.1) is 19.1 Å². The quantitative estimate of drug-likeness (QED) is 0.0924. The number of aryl methyl sites for hydroxylation is 4. The number of nitrogens with one attached hydrogen (secondary N) is 4. The molecule has 5 heterocycles. The van der Waals surface area contributed by atoms with Gasteiger partial charge in [-0.25, -0.2) is 0 Å². The third-order valence-electron chi connectivity index (χ3n) is 8.21. The van der Waals surface area contributed by atoms with Gasteiger partial charge in [0.05, 0.1) is 24.9 Å². The van der Waals surface area contributed by atoms with Gasteiger partial charge in [-0.3, -0.25) is 20.4 Å². The Bertz CT molecular complexity index is 2230. The second-order valence-corrected chi connectivity index (χ2v) is 14.8. The number of aromatic nitrogens is 12. The first-order valence-corrected chi connectivity index (χ1v) is 20.9. The summed E-state index contributed by atoms with van der Waals surface area (Å²) in [5, 5.41) is 47.9. The van der Waals surface area contributed by atoms with E-state index < -0.39 is 0 Å². The standard InChI is InChI=1S/C32H32N16S4.2ClH.Cu/c49-29-41-37-25-13-5-6-15-27-39-43-31(51)47(27)35-19-23-11-3-4-12-24(23)20-36-48-28(40-44-32(48)52)16-8-7-14-26-38-42-30(50)46(26)34-18-22-10-2-1-9-21(22)17-33-45(25)29;;;/h1-4,9-12,17-20H,5-8,13-16H2,(H,41,49)(H,42,50)(H,43,51)(H,44,52);2*1H;/q;;;+2/p-2/b33-17+,34-18+,35-19+,36-20+;;;. The molecule has 0 aliphatic carbocycles. The van der Waals surface area contributed by atoms with Crippen LogP contribution in [-0.4, -0.2) is 84.4 Å². The topological polar surface area (TPSA) is 184 Å². The molecule has 4 N–H and O–H groups in total. The zero-order chi connectivity index (χ0) is 38.6. The molecule has 2 aromatic carbocycles. The van der Waals surface area contributed by atoms with E-state index in [1.54, 1.807) is 43.6 Å². The molecular formula is C32H32Cl2CuN16S4. The van der Waals surface area contributed by atoms with E-state index in [4.69, 9.17) is 48.9 Å². The summed E-state index contributed by atoms with van der Waals surface area (Å²) in [5.74, 6) is 2.87. The van der Waals surface area contributed by atoms with Crippen LogP contribution in [0.2, 0.25) is 0 Å². The molecule has 0 saturated carbocycles. The van der Waals surface area contributed by atoms with E-state index in [1.807, 2.05) is 48.5 Å². The van der Waals surface area contributed by atoms with Crippen LogP contribution in [0.25, 0.3) is 0 Å². The Kier molecular flexibility index (Phi) is 14.7. The molecule has 4 aromatic heterocycles. The summed E-state index contributed by atoms with van der Waals surface area (Å²) in [4.78, 5) is 0. The molecule has 7 rings (SSSR count). The van der Waals surface area contributed by atoms with E-state index in [0.29, 0.717) is 68.1 Å². The van der Waals surface area contributed by atoms with Crippen LogP contribution in [0.5, 0.6) is 0 Å². The van der Waals surface area contributed by atoms with Crippen LogP contribution in [0.3, 0.4) is 0 Å². The van der Waals surface area contributed by atoms with Gasteiger partial charge in [-0.05, 0) is 74.6 Å². The number of nitrogens with zero attached hydrogens (tertiary/aromatic N) is 12. The summed E-state index contributed by atoms with van der Waals surface area (Å²) < 4.78 is 8.18. The van der Waals surface area contributed by atoms with Gasteiger partial charge in [-0.1, -0.05) is 48.5 Å². The summed E-state index contributed by atoms with van der Waals surface area (Å²) in [6, 6.07) is 15.6. The molecule has 0 amide bonds. The zero-order valence-electron chi connectivity index (χ0n) is 28.6. The molecule has 1 aliphatic rings. The van der Waals surface area contributed by atoms with Crippen LogP contribution >= 0.6 is 69.1 Å². The fourth-order valence-electron chi connectivity index (χ4n) is 5.52. The zero-order valence-corrected chi connectivity index (χ0v) is 34.4. The Balaban J connectivity index is 0.00000166. The predicted octanol–water partition coefficient (Wildman–Crippen LogP) is 7.05. The van der Waals surface area contributed by atoms with Crippen molar-refractivity contribution in [2.24, 2.45) is 20.4 Å². The molecule has 0 atom stereocenters. The number of H-pyrrole nitrogens is 4. The van der Waals surface area contributed by atoms with E-state index in [1.165, 1.54) is 0 Å². The summed E-state index contributed by atoms with van der Waals surface area (Å²) in [7, 11) is 9.34. The van der Waals surface area contributed by atoms with Gasteiger partial charge in [0.1, 0.15) is 0 Å². The summed E-state index contributed by atoms with van der Waals surface area (Å²) in [6.07, 6.45) is 12.7. The molecule has 16 nitrogen and oxygen atoms in total. The second kappa shape index (κ2) is 20.0. The number of halogens is 2. The minimum atomic E-state index is 0.402. The number of rotatable bonds is 0. The molecule has 23 heteroatoms. The van der Waals surface area contributed by atoms with Crippen LogP contribution in [0.15, 0.2) is 68.9 Å². The van der Waals surface area contributed by atoms with Crippen molar-refractivity contribution in [2.45, 2.75) is 51.4 Å². The first kappa shape index (κ1) is 40.3. The van der Waals surface area contributed by atoms with E-state index in [-0.39, 0.29) is 0 Å². The van der Waals surface area contributed by atoms with Gasteiger partial charge in [0.2, 0.25) is 19.1 Å². The van der Waals surface area contributed by atoms with Gasteiger partial charge >= 0.3 is 33.3 Å². The number of aromatic amines is 4. The average Bonchev–Trinajstić information content (AvgIpc) is 3.94. The molecule has 0 spiro atoms. The molecule has 0 saturated heterocycles. The average molecular weight is 903 g/mol. The molecule has 289 valence electrons. The maximum atomic E-state index is 5.51. The van der Waals surface area contributed by atoms with E-state index in [9.17, 15) is 0 Å². The first-order valence-electron chi connectivity index (χ1n) is 16.7. The Morgan fingerprint density at radius 3 is 0.873 bits per heavy atom. The number of benzene rings is 2. The van der Waals surface area contributed by atoms with Gasteiger partial charge in [0, 0.05) is 47.9 Å². The number of hydrogen-bond donors (Lipinski definition) is 4. The van der Waals surface area contributed by atoms with Crippen molar-refractivity contribution in [3.05, 3.63) is 113 Å². The Morgan fingerprint density at radius 2 is 0.655 bits per heavy atom. The van der Waals surface area contributed by atoms with Crippen molar-refractivity contribution in [3.63, 3.8) is 0 Å². The SMILES string of the molecule is S=c1[nH]nc2n1/N=C/c1ccccc1/C=N/n1c(n[nH]c1=S)CCCCc1n[nH]c(=S)n1/N=C/c1ccccc1/C=N/n1c(n[nH]c1=S)CCCC2.[Cl][Cu][Cl]. The third kappa shape index (κ3) is 10.5. The van der Waals surface area contributed by atoms with Crippen molar-refractivity contribution in [1.82, 2.24) is 59.5 Å². The minimum absolute atomic E-state index is 0.402. The van der Waals surface area contributed by atoms with Gasteiger partial charge in [0.15, 0.2) is 23.3 Å². The van der Waals surface area contributed by atoms with Crippen LogP contribution in [-0.2, 0) is 38.8 Å². The molecule has 55 heavy (non-hydrogen) atoms. The third-order valence-corrected chi connectivity index (χ3v) is 9.27. The number of hydrogen-bond acceptors (Lipinski definition) is 12. The summed E-state index contributed by atoms with van der Waals surface area (Å²) >= 11 is 22.8. The molecule has 6 aromatic rings. The molecule has 0 bridgehead atoms. The first-order chi connectivity index (χ1) is 26.9. The molecule has 0 radical (unpaired) electrons. The normalized spacial score (nSPS) is 16.3. The Hall–Kier alpha value is -4.34. The van der Waals surface area contributed by atoms with Gasteiger partial charge in [0.25, 0.3) is 0 Å². The van der Waals surface area contributed by atoms with Crippen molar-refractivity contribution >= 4 is 93.9 Å². The molecule has 1 aliphatic heterocycles. The predicted molar refractivity (Wildman–Crippen MR) is 219 cm³/mol. The summed E-state index contributed by atoms with van der Waals surface area (Å²) in [5.41, 5.74) is 3.36. The fraction of sp³-hybridized carbons (Fsp3) is 0.250. The summed E-state index contributed by atoms with van der Waals surface area (Å²) in [6.45, 7) is 0. The van der Waals surface area contributed by atoms with E-state index in [2.05, 4.69) is 81.4 Å². The Labute approximate surface area is 349 Å². The Morgan fingerprint density at radius 1 is 0.436 bits per heavy atom. The van der Waals surface area contributed by atoms with Gasteiger partial charge < -0.3 is 0 Å². The molecule has 0 fully saturated rings.